The van der Waals surface area contributed by atoms with Crippen LogP contribution in [0.2, 0.25) is 0 Å². The second-order valence-corrected chi connectivity index (χ2v) is 10.5. The van der Waals surface area contributed by atoms with Crippen molar-refractivity contribution in [3.05, 3.63) is 28.3 Å². The number of amides is 1. The zero-order chi connectivity index (χ0) is 20.5. The van der Waals surface area contributed by atoms with Gasteiger partial charge in [-0.15, -0.1) is 11.3 Å². The topological polar surface area (TPSA) is 103 Å². The molecule has 2 heterocycles. The first-order valence-corrected chi connectivity index (χ1v) is 11.2. The van der Waals surface area contributed by atoms with Crippen LogP contribution in [0.5, 0.6) is 0 Å². The normalized spacial score (nSPS) is 18.8. The number of nitrogens with zero attached hydrogens (tertiary/aromatic N) is 3. The van der Waals surface area contributed by atoms with Crippen molar-refractivity contribution in [3.63, 3.8) is 0 Å². The molecule has 2 atom stereocenters. The lowest BCUT2D eigenvalue weighted by atomic mass is 10.0. The molecule has 3 rings (SSSR count). The lowest BCUT2D eigenvalue weighted by Crippen LogP contribution is -2.43. The monoisotopic (exact) mass is 425 g/mol. The third-order valence-corrected chi connectivity index (χ3v) is 7.21. The average Bonchev–Trinajstić information content (AvgIpc) is 3.04. The molecule has 1 aromatic heterocycles. The van der Waals surface area contributed by atoms with Gasteiger partial charge >= 0.3 is 6.09 Å². The van der Waals surface area contributed by atoms with Gasteiger partial charge in [0.15, 0.2) is 4.34 Å². The predicted molar refractivity (Wildman–Crippen MR) is 108 cm³/mol. The highest BCUT2D eigenvalue weighted by molar-refractivity contribution is 7.87. The van der Waals surface area contributed by atoms with Crippen molar-refractivity contribution in [1.82, 2.24) is 9.88 Å². The lowest BCUT2D eigenvalue weighted by molar-refractivity contribution is -0.384. The van der Waals surface area contributed by atoms with Gasteiger partial charge in [0.2, 0.25) is 0 Å². The Balaban J connectivity index is 1.66. The molecule has 10 heteroatoms. The van der Waals surface area contributed by atoms with Crippen molar-refractivity contribution in [2.45, 2.75) is 43.6 Å². The quantitative estimate of drug-likeness (QED) is 0.543. The lowest BCUT2D eigenvalue weighted by Gasteiger charge is -2.33. The number of non-ortho nitro benzene ring substituents is 1. The van der Waals surface area contributed by atoms with E-state index in [9.17, 15) is 19.1 Å². The van der Waals surface area contributed by atoms with Crippen molar-refractivity contribution < 1.29 is 18.7 Å². The molecule has 0 N–H and O–H groups in total. The van der Waals surface area contributed by atoms with Gasteiger partial charge in [-0.05, 0) is 45.6 Å². The molecule has 1 amide bonds. The van der Waals surface area contributed by atoms with E-state index in [1.165, 1.54) is 23.5 Å². The van der Waals surface area contributed by atoms with E-state index >= 15 is 0 Å². The van der Waals surface area contributed by atoms with Gasteiger partial charge in [-0.3, -0.25) is 14.3 Å². The first-order chi connectivity index (χ1) is 13.1. The molecule has 1 aromatic carbocycles. The summed E-state index contributed by atoms with van der Waals surface area (Å²) in [5.41, 5.74) is -0.0896. The van der Waals surface area contributed by atoms with E-state index in [0.29, 0.717) is 28.7 Å². The summed E-state index contributed by atoms with van der Waals surface area (Å²) in [5, 5.41) is 10.9. The largest absolute Gasteiger partial charge is 0.444 e. The Hall–Kier alpha value is -2.07. The van der Waals surface area contributed by atoms with Crippen LogP contribution in [-0.2, 0) is 15.5 Å². The maximum atomic E-state index is 12.8. The number of thiazole rings is 1. The molecule has 0 bridgehead atoms. The minimum atomic E-state index is -1.32. The maximum absolute atomic E-state index is 12.8. The number of ether oxygens (including phenoxy) is 1. The van der Waals surface area contributed by atoms with E-state index in [0.717, 1.165) is 17.5 Å². The van der Waals surface area contributed by atoms with E-state index in [1.807, 2.05) is 20.8 Å². The SMILES string of the molecule is CC(C)(C)OC(=O)N1CCCC(CS(=O)c2nc3cc([N+](=O)[O-])ccc3s2)C1. The fourth-order valence-corrected chi connectivity index (χ4v) is 5.65. The number of aromatic nitrogens is 1. The number of nitro benzene ring substituents is 1. The second kappa shape index (κ2) is 8.12. The van der Waals surface area contributed by atoms with E-state index in [4.69, 9.17) is 4.74 Å². The third kappa shape index (κ3) is 5.05. The minimum absolute atomic E-state index is 0.0320. The first-order valence-electron chi connectivity index (χ1n) is 9.03. The molecule has 28 heavy (non-hydrogen) atoms. The Labute approximate surface area is 169 Å². The van der Waals surface area contributed by atoms with Crippen LogP contribution in [0.25, 0.3) is 10.2 Å². The summed E-state index contributed by atoms with van der Waals surface area (Å²) in [7, 11) is -1.32. The molecule has 0 radical (unpaired) electrons. The van der Waals surface area contributed by atoms with Crippen molar-refractivity contribution in [2.75, 3.05) is 18.8 Å². The highest BCUT2D eigenvalue weighted by atomic mass is 32.2. The van der Waals surface area contributed by atoms with Crippen LogP contribution >= 0.6 is 11.3 Å². The summed E-state index contributed by atoms with van der Waals surface area (Å²) in [6.45, 7) is 6.65. The van der Waals surface area contributed by atoms with Gasteiger partial charge in [0.1, 0.15) is 5.60 Å². The average molecular weight is 426 g/mol. The van der Waals surface area contributed by atoms with E-state index < -0.39 is 21.3 Å². The number of likely N-dealkylation sites (tertiary alicyclic amines) is 1. The van der Waals surface area contributed by atoms with E-state index in [1.54, 1.807) is 11.0 Å². The number of hydrogen-bond donors (Lipinski definition) is 0. The van der Waals surface area contributed by atoms with Gasteiger partial charge in [-0.25, -0.2) is 9.78 Å². The molecule has 1 fully saturated rings. The molecular formula is C18H23N3O5S2. The van der Waals surface area contributed by atoms with Gasteiger partial charge in [0, 0.05) is 31.0 Å². The molecular weight excluding hydrogens is 402 g/mol. The van der Waals surface area contributed by atoms with Crippen LogP contribution in [-0.4, -0.2) is 49.6 Å². The Morgan fingerprint density at radius 3 is 2.89 bits per heavy atom. The number of rotatable bonds is 4. The summed E-state index contributed by atoms with van der Waals surface area (Å²) < 4.78 is 19.5. The summed E-state index contributed by atoms with van der Waals surface area (Å²) in [6, 6.07) is 4.46. The van der Waals surface area contributed by atoms with Crippen molar-refractivity contribution >= 4 is 44.1 Å². The van der Waals surface area contributed by atoms with E-state index in [-0.39, 0.29) is 17.7 Å². The number of hydrogen-bond acceptors (Lipinski definition) is 7. The molecule has 152 valence electrons. The zero-order valence-corrected chi connectivity index (χ0v) is 17.7. The van der Waals surface area contributed by atoms with Gasteiger partial charge in [0.25, 0.3) is 5.69 Å². The van der Waals surface area contributed by atoms with Crippen molar-refractivity contribution in [1.29, 1.82) is 0 Å². The zero-order valence-electron chi connectivity index (χ0n) is 16.0. The fraction of sp³-hybridized carbons (Fsp3) is 0.556. The number of carbonyl (C=O) groups excluding carboxylic acids is 1. The third-order valence-electron chi connectivity index (χ3n) is 4.31. The summed E-state index contributed by atoms with van der Waals surface area (Å²) >= 11 is 1.29. The van der Waals surface area contributed by atoms with Crippen LogP contribution < -0.4 is 0 Å². The molecule has 8 nitrogen and oxygen atoms in total. The van der Waals surface area contributed by atoms with Gasteiger partial charge < -0.3 is 9.64 Å². The van der Waals surface area contributed by atoms with Crippen molar-refractivity contribution in [2.24, 2.45) is 5.92 Å². The highest BCUT2D eigenvalue weighted by Gasteiger charge is 2.29. The number of piperidine rings is 1. The van der Waals surface area contributed by atoms with Crippen LogP contribution in [0.15, 0.2) is 22.5 Å². The molecule has 1 saturated heterocycles. The second-order valence-electron chi connectivity index (χ2n) is 7.84. The number of carbonyl (C=O) groups is 1. The van der Waals surface area contributed by atoms with Gasteiger partial charge in [-0.2, -0.15) is 0 Å². The first kappa shape index (κ1) is 20.7. The van der Waals surface area contributed by atoms with Crippen LogP contribution in [0.4, 0.5) is 10.5 Å². The Morgan fingerprint density at radius 2 is 2.21 bits per heavy atom. The van der Waals surface area contributed by atoms with Crippen LogP contribution in [0.3, 0.4) is 0 Å². The summed E-state index contributed by atoms with van der Waals surface area (Å²) in [6.07, 6.45) is 1.39. The summed E-state index contributed by atoms with van der Waals surface area (Å²) in [4.78, 5) is 28.7. The van der Waals surface area contributed by atoms with Crippen LogP contribution in [0.1, 0.15) is 33.6 Å². The molecule has 1 aliphatic rings. The van der Waals surface area contributed by atoms with Crippen LogP contribution in [0, 0.1) is 16.0 Å². The molecule has 0 spiro atoms. The van der Waals surface area contributed by atoms with Crippen molar-refractivity contribution in [3.8, 4) is 0 Å². The molecule has 2 unspecified atom stereocenters. The van der Waals surface area contributed by atoms with Gasteiger partial charge in [-0.1, -0.05) is 0 Å². The van der Waals surface area contributed by atoms with Gasteiger partial charge in [0.05, 0.1) is 25.9 Å². The number of nitro groups is 1. The Bertz CT molecular complexity index is 922. The highest BCUT2D eigenvalue weighted by Crippen LogP contribution is 2.29. The minimum Gasteiger partial charge on any atom is -0.444 e. The smallest absolute Gasteiger partial charge is 0.410 e. The predicted octanol–water partition coefficient (Wildman–Crippen LogP) is 3.96. The molecule has 0 aliphatic carbocycles. The Morgan fingerprint density at radius 1 is 1.46 bits per heavy atom. The molecule has 0 saturated carbocycles. The number of benzene rings is 1. The molecule has 1 aliphatic heterocycles. The number of fused-ring (bicyclic) bond motifs is 1. The fourth-order valence-electron chi connectivity index (χ4n) is 3.08. The Kier molecular flexibility index (Phi) is 5.99. The van der Waals surface area contributed by atoms with E-state index in [2.05, 4.69) is 4.98 Å². The maximum Gasteiger partial charge on any atom is 0.410 e. The summed E-state index contributed by atoms with van der Waals surface area (Å²) in [5.74, 6) is 0.504. The molecule has 2 aromatic rings. The standard InChI is InChI=1S/C18H23N3O5S2/c1-18(2,3)26-17(22)20-8-4-5-12(10-20)11-28(25)16-19-14-9-13(21(23)24)6-7-15(14)27-16/h6-7,9,12H,4-5,8,10-11H2,1-3H3.